The molecule has 2 atom stereocenters. The van der Waals surface area contributed by atoms with Gasteiger partial charge in [0.1, 0.15) is 12.4 Å². The van der Waals surface area contributed by atoms with E-state index >= 15 is 0 Å². The van der Waals surface area contributed by atoms with Crippen molar-refractivity contribution in [3.05, 3.63) is 57.5 Å². The number of amides is 2. The van der Waals surface area contributed by atoms with E-state index in [-0.39, 0.29) is 36.3 Å². The van der Waals surface area contributed by atoms with Crippen LogP contribution in [0.5, 0.6) is 0 Å². The number of hydrogen-bond donors (Lipinski definition) is 0. The van der Waals surface area contributed by atoms with Crippen molar-refractivity contribution in [3.8, 4) is 0 Å². The topological polar surface area (TPSA) is 40.6 Å². The van der Waals surface area contributed by atoms with Crippen LogP contribution in [0.2, 0.25) is 0 Å². The van der Waals surface area contributed by atoms with Crippen LogP contribution in [0, 0.1) is 5.82 Å². The SMILES string of the molecule is CCCCC(=O)N(CC(=O)N1CCc2sccc2[C@@H]1c1ccc(F)cc1)[C@H](C)CC. The number of thiophene rings is 1. The average Bonchev–Trinajstić information content (AvgIpc) is 3.24. The first kappa shape index (κ1) is 22.5. The molecule has 30 heavy (non-hydrogen) atoms. The molecule has 0 N–H and O–H groups in total. The Kier molecular flexibility index (Phi) is 7.64. The highest BCUT2D eigenvalue weighted by Crippen LogP contribution is 2.38. The summed E-state index contributed by atoms with van der Waals surface area (Å²) in [5.74, 6) is -0.292. The number of hydrogen-bond acceptors (Lipinski definition) is 3. The molecule has 0 saturated carbocycles. The molecule has 0 bridgehead atoms. The minimum Gasteiger partial charge on any atom is -0.331 e. The van der Waals surface area contributed by atoms with Crippen molar-refractivity contribution in [3.63, 3.8) is 0 Å². The number of carbonyl (C=O) groups excluding carboxylic acids is 2. The molecule has 0 spiro atoms. The predicted octanol–water partition coefficient (Wildman–Crippen LogP) is 5.18. The van der Waals surface area contributed by atoms with Gasteiger partial charge in [-0.2, -0.15) is 0 Å². The van der Waals surface area contributed by atoms with Crippen molar-refractivity contribution >= 4 is 23.2 Å². The Morgan fingerprint density at radius 3 is 2.63 bits per heavy atom. The van der Waals surface area contributed by atoms with Gasteiger partial charge in [0.25, 0.3) is 0 Å². The second-order valence-electron chi connectivity index (χ2n) is 7.97. The molecule has 0 unspecified atom stereocenters. The molecule has 0 fully saturated rings. The van der Waals surface area contributed by atoms with Crippen molar-refractivity contribution < 1.29 is 14.0 Å². The fraction of sp³-hybridized carbons (Fsp3) is 0.500. The quantitative estimate of drug-likeness (QED) is 0.579. The highest BCUT2D eigenvalue weighted by Gasteiger charge is 2.34. The zero-order chi connectivity index (χ0) is 21.7. The molecule has 4 nitrogen and oxygen atoms in total. The average molecular weight is 431 g/mol. The van der Waals surface area contributed by atoms with Crippen LogP contribution in [0.4, 0.5) is 4.39 Å². The van der Waals surface area contributed by atoms with Gasteiger partial charge in [-0.25, -0.2) is 4.39 Å². The number of rotatable bonds is 8. The van der Waals surface area contributed by atoms with Crippen LogP contribution in [0.3, 0.4) is 0 Å². The Morgan fingerprint density at radius 1 is 1.23 bits per heavy atom. The second-order valence-corrected chi connectivity index (χ2v) is 8.97. The van der Waals surface area contributed by atoms with Gasteiger partial charge in [0.05, 0.1) is 6.04 Å². The molecule has 1 aromatic carbocycles. The first-order chi connectivity index (χ1) is 14.5. The summed E-state index contributed by atoms with van der Waals surface area (Å²) in [6.07, 6.45) is 3.88. The van der Waals surface area contributed by atoms with Gasteiger partial charge < -0.3 is 9.80 Å². The van der Waals surface area contributed by atoms with Gasteiger partial charge >= 0.3 is 0 Å². The Bertz CT molecular complexity index is 864. The number of benzene rings is 1. The van der Waals surface area contributed by atoms with E-state index in [0.29, 0.717) is 13.0 Å². The van der Waals surface area contributed by atoms with Gasteiger partial charge in [0, 0.05) is 23.9 Å². The lowest BCUT2D eigenvalue weighted by molar-refractivity contribution is -0.143. The van der Waals surface area contributed by atoms with E-state index in [1.807, 2.05) is 18.7 Å². The predicted molar refractivity (Wildman–Crippen MR) is 119 cm³/mol. The number of nitrogens with zero attached hydrogens (tertiary/aromatic N) is 2. The maximum atomic E-state index is 13.5. The highest BCUT2D eigenvalue weighted by atomic mass is 32.1. The Morgan fingerprint density at radius 2 is 1.97 bits per heavy atom. The highest BCUT2D eigenvalue weighted by molar-refractivity contribution is 7.10. The zero-order valence-corrected chi connectivity index (χ0v) is 18.9. The maximum Gasteiger partial charge on any atom is 0.243 e. The molecule has 0 saturated heterocycles. The van der Waals surface area contributed by atoms with Crippen LogP contribution in [0.15, 0.2) is 35.7 Å². The summed E-state index contributed by atoms with van der Waals surface area (Å²) >= 11 is 1.70. The minimum atomic E-state index is -0.289. The van der Waals surface area contributed by atoms with Crippen molar-refractivity contribution in [2.24, 2.45) is 0 Å². The van der Waals surface area contributed by atoms with E-state index in [1.165, 1.54) is 17.0 Å². The molecule has 1 aromatic heterocycles. The Balaban J connectivity index is 1.86. The zero-order valence-electron chi connectivity index (χ0n) is 18.1. The van der Waals surface area contributed by atoms with Gasteiger partial charge in [0.2, 0.25) is 11.8 Å². The molecule has 2 aromatic rings. The third-order valence-corrected chi connectivity index (χ3v) is 6.96. The van der Waals surface area contributed by atoms with E-state index in [0.717, 1.165) is 36.8 Å². The normalized spacial score (nSPS) is 16.8. The summed E-state index contributed by atoms with van der Waals surface area (Å²) in [6.45, 7) is 6.79. The smallest absolute Gasteiger partial charge is 0.243 e. The molecule has 0 radical (unpaired) electrons. The summed E-state index contributed by atoms with van der Waals surface area (Å²) in [5.41, 5.74) is 2.01. The summed E-state index contributed by atoms with van der Waals surface area (Å²) < 4.78 is 13.5. The largest absolute Gasteiger partial charge is 0.331 e. The third kappa shape index (κ3) is 4.91. The lowest BCUT2D eigenvalue weighted by atomic mass is 9.93. The molecule has 1 aliphatic heterocycles. The van der Waals surface area contributed by atoms with Crippen molar-refractivity contribution in [2.75, 3.05) is 13.1 Å². The Labute approximate surface area is 182 Å². The Hall–Kier alpha value is -2.21. The van der Waals surface area contributed by atoms with E-state index in [4.69, 9.17) is 0 Å². The first-order valence-corrected chi connectivity index (χ1v) is 11.7. The van der Waals surface area contributed by atoms with E-state index in [9.17, 15) is 14.0 Å². The summed E-state index contributed by atoms with van der Waals surface area (Å²) in [7, 11) is 0. The number of carbonyl (C=O) groups is 2. The van der Waals surface area contributed by atoms with Gasteiger partial charge in [-0.05, 0) is 60.9 Å². The lowest BCUT2D eigenvalue weighted by Crippen LogP contribution is -2.49. The second kappa shape index (κ2) is 10.2. The van der Waals surface area contributed by atoms with Crippen LogP contribution in [-0.2, 0) is 16.0 Å². The van der Waals surface area contributed by atoms with Crippen molar-refractivity contribution in [1.82, 2.24) is 9.80 Å². The fourth-order valence-corrected chi connectivity index (χ4v) is 4.91. The molecule has 1 aliphatic rings. The van der Waals surface area contributed by atoms with Gasteiger partial charge in [-0.15, -0.1) is 11.3 Å². The fourth-order valence-electron chi connectivity index (χ4n) is 4.01. The molecular weight excluding hydrogens is 399 g/mol. The maximum absolute atomic E-state index is 13.5. The first-order valence-electron chi connectivity index (χ1n) is 10.9. The van der Waals surface area contributed by atoms with Crippen molar-refractivity contribution in [2.45, 2.75) is 65.0 Å². The number of halogens is 1. The van der Waals surface area contributed by atoms with Crippen molar-refractivity contribution in [1.29, 1.82) is 0 Å². The van der Waals surface area contributed by atoms with E-state index in [2.05, 4.69) is 18.4 Å². The standard InChI is InChI=1S/C24H31FN2O2S/c1-4-6-7-22(28)27(17(3)5-2)16-23(29)26-14-12-21-20(13-15-30-21)24(26)18-8-10-19(25)11-9-18/h8-11,13,15,17,24H,4-7,12,14,16H2,1-3H3/t17-,24+/m1/s1. The van der Waals surface area contributed by atoms with Crippen LogP contribution < -0.4 is 0 Å². The number of unbranched alkanes of at least 4 members (excludes halogenated alkanes) is 1. The molecule has 3 rings (SSSR count). The van der Waals surface area contributed by atoms with Gasteiger partial charge in [-0.1, -0.05) is 32.4 Å². The molecular formula is C24H31FN2O2S. The summed E-state index contributed by atoms with van der Waals surface area (Å²) in [5, 5.41) is 2.05. The molecule has 0 aliphatic carbocycles. The summed E-state index contributed by atoms with van der Waals surface area (Å²) in [4.78, 5) is 31.1. The molecule has 2 heterocycles. The van der Waals surface area contributed by atoms with E-state index < -0.39 is 0 Å². The van der Waals surface area contributed by atoms with Crippen LogP contribution in [-0.4, -0.2) is 40.7 Å². The molecule has 162 valence electrons. The third-order valence-electron chi connectivity index (χ3n) is 5.97. The minimum absolute atomic E-state index is 0.0177. The van der Waals surface area contributed by atoms with Crippen LogP contribution in [0.25, 0.3) is 0 Å². The van der Waals surface area contributed by atoms with Crippen LogP contribution in [0.1, 0.15) is 68.5 Å². The van der Waals surface area contributed by atoms with Crippen LogP contribution >= 0.6 is 11.3 Å². The van der Waals surface area contributed by atoms with Gasteiger partial charge in [-0.3, -0.25) is 9.59 Å². The molecule has 2 amide bonds. The number of fused-ring (bicyclic) bond motifs is 1. The lowest BCUT2D eigenvalue weighted by Gasteiger charge is -2.38. The summed E-state index contributed by atoms with van der Waals surface area (Å²) in [6, 6.07) is 8.24. The van der Waals surface area contributed by atoms with E-state index in [1.54, 1.807) is 28.4 Å². The van der Waals surface area contributed by atoms with Gasteiger partial charge in [0.15, 0.2) is 0 Å². The molecule has 6 heteroatoms. The monoisotopic (exact) mass is 430 g/mol.